The third-order valence-electron chi connectivity index (χ3n) is 1.45. The minimum atomic E-state index is -0.679. The van der Waals surface area contributed by atoms with E-state index in [-0.39, 0.29) is 0 Å². The fourth-order valence-corrected chi connectivity index (χ4v) is 0.855. The largest absolute Gasteiger partial charge is 0.465 e. The molecule has 0 radical (unpaired) electrons. The molecule has 1 aromatic rings. The Hall–Kier alpha value is -1.43. The van der Waals surface area contributed by atoms with Crippen LogP contribution in [0.3, 0.4) is 0 Å². The highest BCUT2D eigenvalue weighted by atomic mass is 16.5. The van der Waals surface area contributed by atoms with Gasteiger partial charge in [-0.15, -0.1) is 5.10 Å². The van der Waals surface area contributed by atoms with E-state index in [1.807, 2.05) is 0 Å². The monoisotopic (exact) mass is 184 g/mol. The van der Waals surface area contributed by atoms with E-state index in [0.717, 1.165) is 0 Å². The molecule has 2 N–H and O–H groups in total. The van der Waals surface area contributed by atoms with Gasteiger partial charge in [0.2, 0.25) is 0 Å². The van der Waals surface area contributed by atoms with Crippen LogP contribution in [0.1, 0.15) is 6.92 Å². The first-order valence-corrected chi connectivity index (χ1v) is 4.00. The number of ether oxygens (including phenoxy) is 1. The summed E-state index contributed by atoms with van der Waals surface area (Å²) in [6, 6.07) is -0.679. The lowest BCUT2D eigenvalue weighted by Gasteiger charge is -2.09. The number of esters is 1. The number of nitrogens with two attached hydrogens (primary N) is 1. The molecule has 72 valence electrons. The smallest absolute Gasteiger partial charge is 0.324 e. The Balaban J connectivity index is 2.41. The van der Waals surface area contributed by atoms with Crippen molar-refractivity contribution in [1.82, 2.24) is 15.0 Å². The Kier molecular flexibility index (Phi) is 3.39. The molecule has 0 saturated heterocycles. The Bertz CT molecular complexity index is 259. The normalized spacial score (nSPS) is 12.5. The van der Waals surface area contributed by atoms with Crippen molar-refractivity contribution in [3.05, 3.63) is 12.4 Å². The molecule has 1 aromatic heterocycles. The first-order valence-electron chi connectivity index (χ1n) is 4.00. The van der Waals surface area contributed by atoms with Crippen molar-refractivity contribution in [2.24, 2.45) is 5.73 Å². The van der Waals surface area contributed by atoms with E-state index in [2.05, 4.69) is 10.3 Å². The van der Waals surface area contributed by atoms with Crippen LogP contribution in [0.2, 0.25) is 0 Å². The van der Waals surface area contributed by atoms with E-state index in [1.165, 1.54) is 10.9 Å². The summed E-state index contributed by atoms with van der Waals surface area (Å²) in [5, 5.41) is 7.26. The average molecular weight is 184 g/mol. The van der Waals surface area contributed by atoms with Gasteiger partial charge in [-0.05, 0) is 6.92 Å². The maximum atomic E-state index is 11.1. The molecule has 0 amide bonds. The highest BCUT2D eigenvalue weighted by Crippen LogP contribution is 1.90. The molecule has 0 spiro atoms. The van der Waals surface area contributed by atoms with Gasteiger partial charge in [0.25, 0.3) is 0 Å². The molecule has 13 heavy (non-hydrogen) atoms. The molecule has 0 unspecified atom stereocenters. The molecule has 6 nitrogen and oxygen atoms in total. The summed E-state index contributed by atoms with van der Waals surface area (Å²) >= 11 is 0. The predicted molar refractivity (Wildman–Crippen MR) is 44.6 cm³/mol. The van der Waals surface area contributed by atoms with E-state index in [9.17, 15) is 4.79 Å². The number of hydrogen-bond donors (Lipinski definition) is 1. The maximum absolute atomic E-state index is 11.1. The van der Waals surface area contributed by atoms with Crippen LogP contribution in [0, 0.1) is 0 Å². The minimum absolute atomic E-state index is 0.291. The SMILES string of the molecule is CCOC(=O)[C@H](N)Cn1ccnn1. The van der Waals surface area contributed by atoms with Crippen LogP contribution in [0.5, 0.6) is 0 Å². The first kappa shape index (κ1) is 9.66. The Morgan fingerprint density at radius 1 is 1.77 bits per heavy atom. The Morgan fingerprint density at radius 2 is 2.54 bits per heavy atom. The van der Waals surface area contributed by atoms with Gasteiger partial charge in [-0.2, -0.15) is 0 Å². The van der Waals surface area contributed by atoms with Crippen molar-refractivity contribution in [3.63, 3.8) is 0 Å². The molecule has 0 aliphatic carbocycles. The highest BCUT2D eigenvalue weighted by Gasteiger charge is 2.14. The van der Waals surface area contributed by atoms with E-state index < -0.39 is 12.0 Å². The van der Waals surface area contributed by atoms with Gasteiger partial charge in [0, 0.05) is 6.20 Å². The molecule has 1 atom stereocenters. The van der Waals surface area contributed by atoms with Crippen LogP contribution >= 0.6 is 0 Å². The quantitative estimate of drug-likeness (QED) is 0.617. The van der Waals surface area contributed by atoms with Crippen LogP contribution in [-0.4, -0.2) is 33.6 Å². The van der Waals surface area contributed by atoms with Gasteiger partial charge < -0.3 is 10.5 Å². The van der Waals surface area contributed by atoms with Crippen molar-refractivity contribution in [2.75, 3.05) is 6.61 Å². The zero-order valence-electron chi connectivity index (χ0n) is 7.38. The summed E-state index contributed by atoms with van der Waals surface area (Å²) in [6.07, 6.45) is 3.16. The minimum Gasteiger partial charge on any atom is -0.465 e. The van der Waals surface area contributed by atoms with Gasteiger partial charge >= 0.3 is 5.97 Å². The zero-order valence-corrected chi connectivity index (χ0v) is 7.38. The molecule has 6 heteroatoms. The Labute approximate surface area is 75.7 Å². The average Bonchev–Trinajstić information content (AvgIpc) is 2.57. The standard InChI is InChI=1S/C7H12N4O2/c1-2-13-7(12)6(8)5-11-4-3-9-10-11/h3-4,6H,2,5,8H2,1H3/t6-/m1/s1. The fraction of sp³-hybridized carbons (Fsp3) is 0.571. The summed E-state index contributed by atoms with van der Waals surface area (Å²) in [6.45, 7) is 2.36. The molecular weight excluding hydrogens is 172 g/mol. The number of aromatic nitrogens is 3. The van der Waals surface area contributed by atoms with Crippen molar-refractivity contribution in [3.8, 4) is 0 Å². The number of carbonyl (C=O) groups is 1. The molecule has 0 aliphatic heterocycles. The number of rotatable bonds is 4. The topological polar surface area (TPSA) is 83.0 Å². The van der Waals surface area contributed by atoms with Crippen LogP contribution in [0.4, 0.5) is 0 Å². The number of nitrogens with zero attached hydrogens (tertiary/aromatic N) is 3. The second kappa shape index (κ2) is 4.56. The summed E-state index contributed by atoms with van der Waals surface area (Å²) in [7, 11) is 0. The van der Waals surface area contributed by atoms with Gasteiger partial charge in [0.15, 0.2) is 0 Å². The predicted octanol–water partition coefficient (Wildman–Crippen LogP) is -0.831. The lowest BCUT2D eigenvalue weighted by molar-refractivity contribution is -0.145. The second-order valence-electron chi connectivity index (χ2n) is 2.48. The van der Waals surface area contributed by atoms with Gasteiger partial charge in [-0.25, -0.2) is 0 Å². The van der Waals surface area contributed by atoms with Crippen molar-refractivity contribution in [1.29, 1.82) is 0 Å². The van der Waals surface area contributed by atoms with E-state index in [0.29, 0.717) is 13.2 Å². The van der Waals surface area contributed by atoms with Crippen LogP contribution in [-0.2, 0) is 16.1 Å². The van der Waals surface area contributed by atoms with Crippen LogP contribution in [0.15, 0.2) is 12.4 Å². The number of hydrogen-bond acceptors (Lipinski definition) is 5. The first-order chi connectivity index (χ1) is 6.24. The lowest BCUT2D eigenvalue weighted by atomic mass is 10.3. The van der Waals surface area contributed by atoms with Crippen LogP contribution < -0.4 is 5.73 Å². The third-order valence-corrected chi connectivity index (χ3v) is 1.45. The molecule has 0 fully saturated rings. The molecule has 0 bridgehead atoms. The van der Waals surface area contributed by atoms with Crippen molar-refractivity contribution >= 4 is 5.97 Å². The molecule has 1 heterocycles. The maximum Gasteiger partial charge on any atom is 0.324 e. The molecule has 0 aliphatic rings. The number of carbonyl (C=O) groups excluding carboxylic acids is 1. The summed E-state index contributed by atoms with van der Waals surface area (Å²) < 4.78 is 6.21. The van der Waals surface area contributed by atoms with Crippen molar-refractivity contribution in [2.45, 2.75) is 19.5 Å². The summed E-state index contributed by atoms with van der Waals surface area (Å²) in [4.78, 5) is 11.1. The van der Waals surface area contributed by atoms with Crippen LogP contribution in [0.25, 0.3) is 0 Å². The summed E-state index contributed by atoms with van der Waals surface area (Å²) in [5.41, 5.74) is 5.53. The van der Waals surface area contributed by atoms with Gasteiger partial charge in [-0.3, -0.25) is 9.48 Å². The lowest BCUT2D eigenvalue weighted by Crippen LogP contribution is -2.36. The second-order valence-corrected chi connectivity index (χ2v) is 2.48. The van der Waals surface area contributed by atoms with E-state index in [1.54, 1.807) is 13.1 Å². The molecular formula is C7H12N4O2. The Morgan fingerprint density at radius 3 is 3.08 bits per heavy atom. The molecule has 0 saturated carbocycles. The van der Waals surface area contributed by atoms with E-state index >= 15 is 0 Å². The molecule has 1 rings (SSSR count). The third kappa shape index (κ3) is 2.83. The van der Waals surface area contributed by atoms with Gasteiger partial charge in [-0.1, -0.05) is 5.21 Å². The summed E-state index contributed by atoms with van der Waals surface area (Å²) in [5.74, 6) is -0.419. The van der Waals surface area contributed by atoms with Crippen molar-refractivity contribution < 1.29 is 9.53 Å². The van der Waals surface area contributed by atoms with E-state index in [4.69, 9.17) is 10.5 Å². The molecule has 0 aromatic carbocycles. The highest BCUT2D eigenvalue weighted by molar-refractivity contribution is 5.75. The van der Waals surface area contributed by atoms with Gasteiger partial charge in [0.05, 0.1) is 19.3 Å². The fourth-order valence-electron chi connectivity index (χ4n) is 0.855. The zero-order chi connectivity index (χ0) is 9.68. The van der Waals surface area contributed by atoms with Gasteiger partial charge in [0.1, 0.15) is 6.04 Å².